The SMILES string of the molecule is CC12CCC(C(=O)N(CCCC(=O)Nc3nc(-c4ccc(Br)cc4)cs3)C1=O)C2(C)C. The molecular weight excluding hydrogens is 478 g/mol. The predicted molar refractivity (Wildman–Crippen MR) is 124 cm³/mol. The number of fused-ring (bicyclic) bond motifs is 2. The molecule has 4 rings (SSSR count). The van der Waals surface area contributed by atoms with Crippen LogP contribution < -0.4 is 5.32 Å². The second-order valence-electron chi connectivity index (χ2n) is 9.14. The number of amides is 3. The molecule has 3 amide bonds. The fraction of sp³-hybridized carbons (Fsp3) is 0.478. The molecule has 2 bridgehead atoms. The highest BCUT2D eigenvalue weighted by Gasteiger charge is 2.64. The fourth-order valence-electron chi connectivity index (χ4n) is 4.78. The summed E-state index contributed by atoms with van der Waals surface area (Å²) in [7, 11) is 0. The van der Waals surface area contributed by atoms with Crippen LogP contribution in [0.1, 0.15) is 46.5 Å². The van der Waals surface area contributed by atoms with Gasteiger partial charge in [-0.15, -0.1) is 11.3 Å². The van der Waals surface area contributed by atoms with Gasteiger partial charge in [-0.05, 0) is 36.8 Å². The van der Waals surface area contributed by atoms with Gasteiger partial charge in [-0.3, -0.25) is 19.3 Å². The van der Waals surface area contributed by atoms with E-state index in [0.717, 1.165) is 28.6 Å². The van der Waals surface area contributed by atoms with E-state index in [1.807, 2.05) is 50.4 Å². The monoisotopic (exact) mass is 503 g/mol. The zero-order chi connectivity index (χ0) is 22.4. The van der Waals surface area contributed by atoms with E-state index in [-0.39, 0.29) is 42.0 Å². The van der Waals surface area contributed by atoms with Gasteiger partial charge in [-0.1, -0.05) is 48.8 Å². The van der Waals surface area contributed by atoms with Crippen molar-refractivity contribution in [2.45, 2.75) is 46.5 Å². The van der Waals surface area contributed by atoms with Gasteiger partial charge in [0, 0.05) is 34.3 Å². The first-order valence-electron chi connectivity index (χ1n) is 10.5. The zero-order valence-electron chi connectivity index (χ0n) is 17.9. The summed E-state index contributed by atoms with van der Waals surface area (Å²) in [4.78, 5) is 44.2. The lowest BCUT2D eigenvalue weighted by molar-refractivity contribution is -0.168. The van der Waals surface area contributed by atoms with Crippen LogP contribution in [0.3, 0.4) is 0 Å². The molecule has 2 aliphatic rings. The summed E-state index contributed by atoms with van der Waals surface area (Å²) in [5.41, 5.74) is 0.974. The van der Waals surface area contributed by atoms with Gasteiger partial charge < -0.3 is 5.32 Å². The Bertz CT molecular complexity index is 1030. The van der Waals surface area contributed by atoms with Gasteiger partial charge in [0.05, 0.1) is 11.1 Å². The molecule has 2 fully saturated rings. The number of thiazole rings is 1. The lowest BCUT2D eigenvalue weighted by atomic mass is 9.62. The number of imide groups is 1. The van der Waals surface area contributed by atoms with E-state index < -0.39 is 5.41 Å². The van der Waals surface area contributed by atoms with Crippen LogP contribution in [0.2, 0.25) is 0 Å². The largest absolute Gasteiger partial charge is 0.302 e. The van der Waals surface area contributed by atoms with Gasteiger partial charge in [0.1, 0.15) is 0 Å². The molecule has 1 aromatic heterocycles. The van der Waals surface area contributed by atoms with Crippen molar-refractivity contribution >= 4 is 50.1 Å². The van der Waals surface area contributed by atoms with Crippen molar-refractivity contribution in [2.75, 3.05) is 11.9 Å². The van der Waals surface area contributed by atoms with Crippen LogP contribution >= 0.6 is 27.3 Å². The van der Waals surface area contributed by atoms with E-state index in [1.54, 1.807) is 0 Å². The Morgan fingerprint density at radius 3 is 2.68 bits per heavy atom. The Morgan fingerprint density at radius 2 is 1.97 bits per heavy atom. The minimum Gasteiger partial charge on any atom is -0.302 e. The molecule has 1 aliphatic heterocycles. The number of aromatic nitrogens is 1. The molecule has 8 heteroatoms. The summed E-state index contributed by atoms with van der Waals surface area (Å²) in [6.07, 6.45) is 2.18. The quantitative estimate of drug-likeness (QED) is 0.555. The molecular formula is C23H26BrN3O3S. The lowest BCUT2D eigenvalue weighted by Crippen LogP contribution is -2.59. The molecule has 1 aromatic carbocycles. The molecule has 31 heavy (non-hydrogen) atoms. The Balaban J connectivity index is 1.32. The highest BCUT2D eigenvalue weighted by molar-refractivity contribution is 9.10. The smallest absolute Gasteiger partial charge is 0.235 e. The fourth-order valence-corrected chi connectivity index (χ4v) is 5.78. The highest BCUT2D eigenvalue weighted by atomic mass is 79.9. The number of piperidine rings is 1. The number of nitrogens with one attached hydrogen (secondary N) is 1. The Morgan fingerprint density at radius 1 is 1.26 bits per heavy atom. The van der Waals surface area contributed by atoms with Gasteiger partial charge in [0.25, 0.3) is 0 Å². The number of nitrogens with zero attached hydrogens (tertiary/aromatic N) is 2. The highest BCUT2D eigenvalue weighted by Crippen LogP contribution is 2.60. The van der Waals surface area contributed by atoms with Crippen molar-refractivity contribution in [3.05, 3.63) is 34.1 Å². The maximum atomic E-state index is 13.0. The van der Waals surface area contributed by atoms with Crippen LogP contribution in [0.15, 0.2) is 34.1 Å². The minimum atomic E-state index is -0.502. The zero-order valence-corrected chi connectivity index (χ0v) is 20.3. The maximum absolute atomic E-state index is 13.0. The molecule has 164 valence electrons. The summed E-state index contributed by atoms with van der Waals surface area (Å²) in [6.45, 7) is 6.33. The van der Waals surface area contributed by atoms with Crippen molar-refractivity contribution in [3.8, 4) is 11.3 Å². The number of rotatable bonds is 6. The molecule has 1 aliphatic carbocycles. The second-order valence-corrected chi connectivity index (χ2v) is 10.9. The van der Waals surface area contributed by atoms with Gasteiger partial charge >= 0.3 is 0 Å². The van der Waals surface area contributed by atoms with Crippen LogP contribution in [0.4, 0.5) is 5.13 Å². The molecule has 2 aromatic rings. The number of halogens is 1. The molecule has 2 unspecified atom stereocenters. The summed E-state index contributed by atoms with van der Waals surface area (Å²) in [6, 6.07) is 7.83. The third-order valence-electron chi connectivity index (χ3n) is 7.18. The third kappa shape index (κ3) is 3.84. The lowest BCUT2D eigenvalue weighted by Gasteiger charge is -2.47. The van der Waals surface area contributed by atoms with E-state index in [9.17, 15) is 14.4 Å². The summed E-state index contributed by atoms with van der Waals surface area (Å²) >= 11 is 4.79. The van der Waals surface area contributed by atoms with Crippen molar-refractivity contribution in [2.24, 2.45) is 16.7 Å². The number of likely N-dealkylation sites (tertiary alicyclic amines) is 1. The van der Waals surface area contributed by atoms with E-state index in [1.165, 1.54) is 16.2 Å². The summed E-state index contributed by atoms with van der Waals surface area (Å²) < 4.78 is 0.997. The molecule has 1 N–H and O–H groups in total. The van der Waals surface area contributed by atoms with Crippen LogP contribution in [-0.2, 0) is 14.4 Å². The van der Waals surface area contributed by atoms with Crippen molar-refractivity contribution in [3.63, 3.8) is 0 Å². The van der Waals surface area contributed by atoms with Crippen LogP contribution in [0.5, 0.6) is 0 Å². The first-order valence-corrected chi connectivity index (χ1v) is 12.2. The number of carbonyl (C=O) groups is 3. The second kappa shape index (κ2) is 8.13. The van der Waals surface area contributed by atoms with Gasteiger partial charge in [-0.25, -0.2) is 4.98 Å². The molecule has 2 atom stereocenters. The van der Waals surface area contributed by atoms with Gasteiger partial charge in [-0.2, -0.15) is 0 Å². The number of anilines is 1. The molecule has 0 radical (unpaired) electrons. The van der Waals surface area contributed by atoms with Gasteiger partial charge in [0.2, 0.25) is 17.7 Å². The van der Waals surface area contributed by atoms with Crippen LogP contribution in [-0.4, -0.2) is 34.2 Å². The summed E-state index contributed by atoms with van der Waals surface area (Å²) in [5, 5.41) is 5.27. The Labute approximate surface area is 194 Å². The third-order valence-corrected chi connectivity index (χ3v) is 8.47. The van der Waals surface area contributed by atoms with Gasteiger partial charge in [0.15, 0.2) is 5.13 Å². The van der Waals surface area contributed by atoms with E-state index in [4.69, 9.17) is 0 Å². The molecule has 6 nitrogen and oxygen atoms in total. The maximum Gasteiger partial charge on any atom is 0.235 e. The van der Waals surface area contributed by atoms with E-state index in [0.29, 0.717) is 11.6 Å². The van der Waals surface area contributed by atoms with Crippen LogP contribution in [0, 0.1) is 16.7 Å². The van der Waals surface area contributed by atoms with Crippen molar-refractivity contribution < 1.29 is 14.4 Å². The number of hydrogen-bond donors (Lipinski definition) is 1. The van der Waals surface area contributed by atoms with E-state index in [2.05, 4.69) is 26.2 Å². The molecule has 0 spiro atoms. The minimum absolute atomic E-state index is 0.0792. The van der Waals surface area contributed by atoms with Crippen molar-refractivity contribution in [1.82, 2.24) is 9.88 Å². The molecule has 1 saturated heterocycles. The molecule has 1 saturated carbocycles. The Hall–Kier alpha value is -2.06. The Kier molecular flexibility index (Phi) is 5.81. The first-order chi connectivity index (χ1) is 14.6. The van der Waals surface area contributed by atoms with Crippen LogP contribution in [0.25, 0.3) is 11.3 Å². The summed E-state index contributed by atoms with van der Waals surface area (Å²) in [5.74, 6) is -0.445. The predicted octanol–water partition coefficient (Wildman–Crippen LogP) is 5.10. The van der Waals surface area contributed by atoms with Crippen molar-refractivity contribution in [1.29, 1.82) is 0 Å². The standard InChI is InChI=1S/C23H26BrN3O3S/c1-22(2)16-10-11-23(22,3)20(30)27(19(16)29)12-4-5-18(28)26-21-25-17(13-31-21)14-6-8-15(24)9-7-14/h6-9,13,16H,4-5,10-12H2,1-3H3,(H,25,26,28). The molecule has 2 heterocycles. The number of carbonyl (C=O) groups excluding carboxylic acids is 3. The first kappa shape index (κ1) is 22.1. The topological polar surface area (TPSA) is 79.4 Å². The normalized spacial score (nSPS) is 24.5. The number of hydrogen-bond acceptors (Lipinski definition) is 5. The van der Waals surface area contributed by atoms with E-state index >= 15 is 0 Å². The number of benzene rings is 1. The average molecular weight is 504 g/mol. The average Bonchev–Trinajstić information content (AvgIpc) is 3.24.